The Labute approximate surface area is 154 Å². The lowest BCUT2D eigenvalue weighted by atomic mass is 10.1. The number of aromatic nitrogens is 1. The number of hydrogen-bond donors (Lipinski definition) is 1. The molecule has 0 bridgehead atoms. The molecule has 1 amide bonds. The first-order valence-electron chi connectivity index (χ1n) is 8.05. The molecular weight excluding hydrogens is 360 g/mol. The molecule has 0 aliphatic carbocycles. The number of hydrogen-bond acceptors (Lipinski definition) is 6. The van der Waals surface area contributed by atoms with E-state index in [1.165, 1.54) is 24.4 Å². The average molecular weight is 377 g/mol. The number of anilines is 1. The number of carbonyl (C=O) groups is 1. The van der Waals surface area contributed by atoms with Crippen molar-refractivity contribution < 1.29 is 14.5 Å². The molecule has 1 saturated heterocycles. The van der Waals surface area contributed by atoms with Gasteiger partial charge in [-0.2, -0.15) is 0 Å². The molecule has 2 N–H and O–H groups in total. The van der Waals surface area contributed by atoms with Crippen LogP contribution in [0.4, 0.5) is 11.4 Å². The molecular formula is C17H17ClN4O4. The van der Waals surface area contributed by atoms with Crippen LogP contribution in [0.25, 0.3) is 0 Å². The number of ether oxygens (including phenoxy) is 1. The summed E-state index contributed by atoms with van der Waals surface area (Å²) in [5.74, 6) is -0.0429. The first-order chi connectivity index (χ1) is 12.4. The van der Waals surface area contributed by atoms with Gasteiger partial charge in [-0.1, -0.05) is 11.6 Å². The van der Waals surface area contributed by atoms with E-state index < -0.39 is 10.8 Å². The van der Waals surface area contributed by atoms with Crippen molar-refractivity contribution >= 4 is 28.9 Å². The first-order valence-corrected chi connectivity index (χ1v) is 8.43. The molecule has 0 saturated carbocycles. The highest BCUT2D eigenvalue weighted by molar-refractivity contribution is 6.33. The second-order valence-electron chi connectivity index (χ2n) is 5.94. The Balaban J connectivity index is 1.62. The SMILES string of the molecule is NC(=O)c1cc(OC2CCN(c3ccc([N+](=O)[O-])cc3Cl)CC2)ccn1. The van der Waals surface area contributed by atoms with Crippen molar-refractivity contribution in [2.24, 2.45) is 5.73 Å². The van der Waals surface area contributed by atoms with E-state index in [4.69, 9.17) is 22.1 Å². The number of amides is 1. The molecule has 136 valence electrons. The van der Waals surface area contributed by atoms with Gasteiger partial charge < -0.3 is 15.4 Å². The van der Waals surface area contributed by atoms with Crippen LogP contribution in [0.1, 0.15) is 23.3 Å². The molecule has 2 aromatic rings. The number of rotatable bonds is 5. The van der Waals surface area contributed by atoms with E-state index in [-0.39, 0.29) is 17.5 Å². The number of halogens is 1. The Morgan fingerprint density at radius 2 is 2.04 bits per heavy atom. The molecule has 1 aliphatic heterocycles. The van der Waals surface area contributed by atoms with Crippen LogP contribution in [0.3, 0.4) is 0 Å². The number of piperidine rings is 1. The summed E-state index contributed by atoms with van der Waals surface area (Å²) >= 11 is 6.19. The molecule has 9 heteroatoms. The van der Waals surface area contributed by atoms with Crippen LogP contribution in [0.2, 0.25) is 5.02 Å². The number of pyridine rings is 1. The molecule has 2 heterocycles. The molecule has 3 rings (SSSR count). The summed E-state index contributed by atoms with van der Waals surface area (Å²) in [5, 5.41) is 11.2. The Bertz CT molecular complexity index is 837. The monoisotopic (exact) mass is 376 g/mol. The van der Waals surface area contributed by atoms with E-state index in [1.807, 2.05) is 0 Å². The Kier molecular flexibility index (Phi) is 5.22. The topological polar surface area (TPSA) is 112 Å². The maximum atomic E-state index is 11.2. The molecule has 0 spiro atoms. The summed E-state index contributed by atoms with van der Waals surface area (Å²) in [6, 6.07) is 7.70. The normalized spacial score (nSPS) is 14.9. The lowest BCUT2D eigenvalue weighted by Crippen LogP contribution is -2.38. The fourth-order valence-corrected chi connectivity index (χ4v) is 3.19. The number of carbonyl (C=O) groups excluding carboxylic acids is 1. The van der Waals surface area contributed by atoms with E-state index in [0.29, 0.717) is 23.9 Å². The van der Waals surface area contributed by atoms with E-state index in [1.54, 1.807) is 12.1 Å². The smallest absolute Gasteiger partial charge is 0.271 e. The Morgan fingerprint density at radius 3 is 2.65 bits per heavy atom. The number of primary amides is 1. The lowest BCUT2D eigenvalue weighted by Gasteiger charge is -2.34. The molecule has 1 aromatic heterocycles. The fourth-order valence-electron chi connectivity index (χ4n) is 2.89. The summed E-state index contributed by atoms with van der Waals surface area (Å²) in [6.07, 6.45) is 2.98. The van der Waals surface area contributed by atoms with Crippen LogP contribution < -0.4 is 15.4 Å². The van der Waals surface area contributed by atoms with E-state index in [9.17, 15) is 14.9 Å². The predicted octanol–water partition coefficient (Wildman–Crippen LogP) is 2.79. The van der Waals surface area contributed by atoms with Gasteiger partial charge in [-0.15, -0.1) is 0 Å². The van der Waals surface area contributed by atoms with Crippen LogP contribution in [0.5, 0.6) is 5.75 Å². The van der Waals surface area contributed by atoms with Crippen LogP contribution in [-0.2, 0) is 0 Å². The third kappa shape index (κ3) is 4.02. The Morgan fingerprint density at radius 1 is 1.31 bits per heavy atom. The van der Waals surface area contributed by atoms with Gasteiger partial charge in [0, 0.05) is 50.3 Å². The maximum Gasteiger partial charge on any atom is 0.271 e. The number of non-ortho nitro benzene ring substituents is 1. The first kappa shape index (κ1) is 17.9. The third-order valence-corrected chi connectivity index (χ3v) is 4.51. The zero-order valence-electron chi connectivity index (χ0n) is 13.8. The van der Waals surface area contributed by atoms with Crippen molar-refractivity contribution in [3.8, 4) is 5.75 Å². The number of benzene rings is 1. The van der Waals surface area contributed by atoms with Crippen molar-refractivity contribution in [2.75, 3.05) is 18.0 Å². The molecule has 8 nitrogen and oxygen atoms in total. The predicted molar refractivity (Wildman–Crippen MR) is 96.7 cm³/mol. The minimum Gasteiger partial charge on any atom is -0.490 e. The van der Waals surface area contributed by atoms with Crippen LogP contribution >= 0.6 is 11.6 Å². The standard InChI is InChI=1S/C17H17ClN4O4/c18-14-9-11(22(24)25)1-2-16(14)21-7-4-12(5-8-21)26-13-3-6-20-15(10-13)17(19)23/h1-3,6,9-10,12H,4-5,7-8H2,(H2,19,23). The summed E-state index contributed by atoms with van der Waals surface area (Å²) in [4.78, 5) is 27.5. The fraction of sp³-hybridized carbons (Fsp3) is 0.294. The molecule has 26 heavy (non-hydrogen) atoms. The van der Waals surface area contributed by atoms with E-state index in [0.717, 1.165) is 18.5 Å². The second-order valence-corrected chi connectivity index (χ2v) is 6.35. The summed E-state index contributed by atoms with van der Waals surface area (Å²) < 4.78 is 5.91. The Hall–Kier alpha value is -2.87. The molecule has 0 radical (unpaired) electrons. The number of nitro benzene ring substituents is 1. The highest BCUT2D eigenvalue weighted by atomic mass is 35.5. The average Bonchev–Trinajstić information content (AvgIpc) is 2.62. The maximum absolute atomic E-state index is 11.2. The van der Waals surface area contributed by atoms with E-state index in [2.05, 4.69) is 9.88 Å². The van der Waals surface area contributed by atoms with Crippen molar-refractivity contribution in [3.05, 3.63) is 57.4 Å². The minimum absolute atomic E-state index is 0.00815. The highest BCUT2D eigenvalue weighted by Crippen LogP contribution is 2.32. The van der Waals surface area contributed by atoms with Gasteiger partial charge in [0.1, 0.15) is 17.5 Å². The highest BCUT2D eigenvalue weighted by Gasteiger charge is 2.23. The van der Waals surface area contributed by atoms with Crippen molar-refractivity contribution in [3.63, 3.8) is 0 Å². The van der Waals surface area contributed by atoms with Gasteiger partial charge in [-0.05, 0) is 12.1 Å². The second kappa shape index (κ2) is 7.57. The van der Waals surface area contributed by atoms with Crippen LogP contribution in [0, 0.1) is 10.1 Å². The number of nitrogens with two attached hydrogens (primary N) is 1. The summed E-state index contributed by atoms with van der Waals surface area (Å²) in [7, 11) is 0. The van der Waals surface area contributed by atoms with Crippen molar-refractivity contribution in [1.82, 2.24) is 4.98 Å². The lowest BCUT2D eigenvalue weighted by molar-refractivity contribution is -0.384. The van der Waals surface area contributed by atoms with Gasteiger partial charge in [0.25, 0.3) is 11.6 Å². The number of nitro groups is 1. The van der Waals surface area contributed by atoms with Gasteiger partial charge in [0.05, 0.1) is 15.6 Å². The molecule has 0 unspecified atom stereocenters. The van der Waals surface area contributed by atoms with Crippen molar-refractivity contribution in [2.45, 2.75) is 18.9 Å². The van der Waals surface area contributed by atoms with E-state index >= 15 is 0 Å². The zero-order chi connectivity index (χ0) is 18.7. The minimum atomic E-state index is -0.599. The van der Waals surface area contributed by atoms with Crippen LogP contribution in [-0.4, -0.2) is 35.0 Å². The van der Waals surface area contributed by atoms with Gasteiger partial charge in [-0.25, -0.2) is 0 Å². The number of nitrogens with zero attached hydrogens (tertiary/aromatic N) is 3. The molecule has 0 atom stereocenters. The van der Waals surface area contributed by atoms with Crippen molar-refractivity contribution in [1.29, 1.82) is 0 Å². The van der Waals surface area contributed by atoms with Gasteiger partial charge in [-0.3, -0.25) is 19.9 Å². The molecule has 1 aromatic carbocycles. The van der Waals surface area contributed by atoms with Gasteiger partial charge in [0.2, 0.25) is 0 Å². The van der Waals surface area contributed by atoms with Gasteiger partial charge in [0.15, 0.2) is 0 Å². The summed E-state index contributed by atoms with van der Waals surface area (Å²) in [6.45, 7) is 1.41. The summed E-state index contributed by atoms with van der Waals surface area (Å²) in [5.41, 5.74) is 6.13. The zero-order valence-corrected chi connectivity index (χ0v) is 14.6. The van der Waals surface area contributed by atoms with Crippen LogP contribution in [0.15, 0.2) is 36.5 Å². The molecule has 1 aliphatic rings. The quantitative estimate of drug-likeness (QED) is 0.634. The third-order valence-electron chi connectivity index (χ3n) is 4.21. The largest absolute Gasteiger partial charge is 0.490 e. The molecule has 1 fully saturated rings. The van der Waals surface area contributed by atoms with Gasteiger partial charge >= 0.3 is 0 Å².